The van der Waals surface area contributed by atoms with E-state index in [1.807, 2.05) is 13.0 Å². The van der Waals surface area contributed by atoms with Gasteiger partial charge in [-0.25, -0.2) is 4.39 Å². The molecule has 12 heavy (non-hydrogen) atoms. The minimum absolute atomic E-state index is 0.463. The lowest BCUT2D eigenvalue weighted by Crippen LogP contribution is -1.97. The molecule has 1 aromatic rings. The molecule has 0 aliphatic carbocycles. The zero-order chi connectivity index (χ0) is 9.14. The lowest BCUT2D eigenvalue weighted by molar-refractivity contribution is 0.180. The number of hydrogen-bond acceptors (Lipinski definition) is 1. The Labute approximate surface area is 79.4 Å². The highest BCUT2D eigenvalue weighted by atomic mass is 79.9. The summed E-state index contributed by atoms with van der Waals surface area (Å²) < 4.78 is 13.8. The topological polar surface area (TPSA) is 20.2 Å². The number of aryl methyl sites for hydroxylation is 1. The first kappa shape index (κ1) is 9.68. The molecule has 3 heteroatoms. The third-order valence-corrected chi connectivity index (χ3v) is 2.57. The van der Waals surface area contributed by atoms with Crippen molar-refractivity contribution in [3.63, 3.8) is 0 Å². The maximum atomic E-state index is 12.9. The average Bonchev–Trinajstić information content (AvgIpc) is 2.08. The molecule has 0 aromatic heterocycles. The van der Waals surface area contributed by atoms with Crippen LogP contribution in [0.1, 0.15) is 17.3 Å². The molecule has 0 amide bonds. The van der Waals surface area contributed by atoms with E-state index in [1.54, 1.807) is 12.1 Å². The van der Waals surface area contributed by atoms with Crippen molar-refractivity contribution in [1.82, 2.24) is 0 Å². The summed E-state index contributed by atoms with van der Waals surface area (Å²) >= 11 is 3.30. The SMILES string of the molecule is Cc1ccc(C(F)CO)cc1Br. The summed E-state index contributed by atoms with van der Waals surface area (Å²) in [5.41, 5.74) is 1.57. The van der Waals surface area contributed by atoms with Crippen LogP contribution in [0.15, 0.2) is 22.7 Å². The van der Waals surface area contributed by atoms with Gasteiger partial charge in [0.25, 0.3) is 0 Å². The first-order valence-electron chi connectivity index (χ1n) is 3.66. The summed E-state index contributed by atoms with van der Waals surface area (Å²) in [4.78, 5) is 0. The lowest BCUT2D eigenvalue weighted by atomic mass is 10.1. The molecular formula is C9H10BrFO. The minimum Gasteiger partial charge on any atom is -0.393 e. The van der Waals surface area contributed by atoms with Gasteiger partial charge < -0.3 is 5.11 Å². The standard InChI is InChI=1S/C9H10BrFO/c1-6-2-3-7(4-8(6)10)9(11)5-12/h2-4,9,12H,5H2,1H3. The highest BCUT2D eigenvalue weighted by Gasteiger charge is 2.08. The van der Waals surface area contributed by atoms with Gasteiger partial charge in [-0.1, -0.05) is 28.1 Å². The Morgan fingerprint density at radius 2 is 2.25 bits per heavy atom. The van der Waals surface area contributed by atoms with Gasteiger partial charge in [0.2, 0.25) is 0 Å². The number of aliphatic hydroxyl groups excluding tert-OH is 1. The van der Waals surface area contributed by atoms with E-state index >= 15 is 0 Å². The highest BCUT2D eigenvalue weighted by molar-refractivity contribution is 9.10. The molecule has 1 atom stereocenters. The molecule has 0 heterocycles. The fourth-order valence-electron chi connectivity index (χ4n) is 0.909. The predicted octanol–water partition coefficient (Wildman–Crippen LogP) is 2.76. The van der Waals surface area contributed by atoms with Crippen LogP contribution in [0.4, 0.5) is 4.39 Å². The second-order valence-electron chi connectivity index (χ2n) is 2.66. The van der Waals surface area contributed by atoms with Gasteiger partial charge in [0.15, 0.2) is 0 Å². The number of aliphatic hydroxyl groups is 1. The monoisotopic (exact) mass is 232 g/mol. The van der Waals surface area contributed by atoms with Gasteiger partial charge in [-0.3, -0.25) is 0 Å². The van der Waals surface area contributed by atoms with Gasteiger partial charge in [-0.2, -0.15) is 0 Å². The zero-order valence-corrected chi connectivity index (χ0v) is 8.31. The molecule has 1 nitrogen and oxygen atoms in total. The number of alkyl halides is 1. The normalized spacial score (nSPS) is 13.0. The first-order valence-corrected chi connectivity index (χ1v) is 4.45. The molecule has 0 aliphatic heterocycles. The zero-order valence-electron chi connectivity index (χ0n) is 6.72. The predicted molar refractivity (Wildman–Crippen MR) is 49.8 cm³/mol. The van der Waals surface area contributed by atoms with E-state index < -0.39 is 12.8 Å². The molecular weight excluding hydrogens is 223 g/mol. The number of benzene rings is 1. The molecule has 0 bridgehead atoms. The number of halogens is 2. The molecule has 0 saturated carbocycles. The maximum Gasteiger partial charge on any atom is 0.148 e. The maximum absolute atomic E-state index is 12.9. The van der Waals surface area contributed by atoms with Crippen LogP contribution in [0.2, 0.25) is 0 Å². The van der Waals surface area contributed by atoms with Crippen molar-refractivity contribution in [2.75, 3.05) is 6.61 Å². The Balaban J connectivity index is 2.96. The van der Waals surface area contributed by atoms with Gasteiger partial charge in [0, 0.05) is 4.47 Å². The quantitative estimate of drug-likeness (QED) is 0.832. The molecule has 1 unspecified atom stereocenters. The number of rotatable bonds is 2. The molecule has 66 valence electrons. The third-order valence-electron chi connectivity index (χ3n) is 1.72. The highest BCUT2D eigenvalue weighted by Crippen LogP contribution is 2.23. The molecule has 0 saturated heterocycles. The van der Waals surface area contributed by atoms with E-state index in [2.05, 4.69) is 15.9 Å². The second-order valence-corrected chi connectivity index (χ2v) is 3.51. The van der Waals surface area contributed by atoms with Crippen LogP contribution in [-0.2, 0) is 0 Å². The Morgan fingerprint density at radius 1 is 1.58 bits per heavy atom. The first-order chi connectivity index (χ1) is 5.65. The molecule has 0 spiro atoms. The summed E-state index contributed by atoms with van der Waals surface area (Å²) in [7, 11) is 0. The van der Waals surface area contributed by atoms with E-state index in [-0.39, 0.29) is 0 Å². The molecule has 0 radical (unpaired) electrons. The van der Waals surface area contributed by atoms with Crippen molar-refractivity contribution >= 4 is 15.9 Å². The molecule has 1 rings (SSSR count). The smallest absolute Gasteiger partial charge is 0.148 e. The summed E-state index contributed by atoms with van der Waals surface area (Å²) in [6.07, 6.45) is -1.28. The van der Waals surface area contributed by atoms with Crippen molar-refractivity contribution < 1.29 is 9.50 Å². The minimum atomic E-state index is -1.28. The van der Waals surface area contributed by atoms with Crippen LogP contribution in [0.3, 0.4) is 0 Å². The van der Waals surface area contributed by atoms with Crippen molar-refractivity contribution in [3.8, 4) is 0 Å². The van der Waals surface area contributed by atoms with Crippen molar-refractivity contribution in [1.29, 1.82) is 0 Å². The van der Waals surface area contributed by atoms with Crippen molar-refractivity contribution in [3.05, 3.63) is 33.8 Å². The Bertz CT molecular complexity index is 275. The largest absolute Gasteiger partial charge is 0.393 e. The van der Waals surface area contributed by atoms with Crippen LogP contribution in [-0.4, -0.2) is 11.7 Å². The van der Waals surface area contributed by atoms with Crippen LogP contribution >= 0.6 is 15.9 Å². The third kappa shape index (κ3) is 2.05. The Morgan fingerprint density at radius 3 is 2.75 bits per heavy atom. The summed E-state index contributed by atoms with van der Waals surface area (Å²) in [5, 5.41) is 8.56. The van der Waals surface area contributed by atoms with Crippen molar-refractivity contribution in [2.45, 2.75) is 13.1 Å². The van der Waals surface area contributed by atoms with Crippen LogP contribution < -0.4 is 0 Å². The Hall–Kier alpha value is -0.410. The fourth-order valence-corrected chi connectivity index (χ4v) is 1.31. The molecule has 1 aromatic carbocycles. The second kappa shape index (κ2) is 4.01. The average molecular weight is 233 g/mol. The molecule has 0 aliphatic rings. The summed E-state index contributed by atoms with van der Waals surface area (Å²) in [6, 6.07) is 5.19. The van der Waals surface area contributed by atoms with Crippen LogP contribution in [0.25, 0.3) is 0 Å². The van der Waals surface area contributed by atoms with E-state index in [9.17, 15) is 4.39 Å². The van der Waals surface area contributed by atoms with Gasteiger partial charge in [0.05, 0.1) is 6.61 Å². The fraction of sp³-hybridized carbons (Fsp3) is 0.333. The van der Waals surface area contributed by atoms with E-state index in [0.29, 0.717) is 5.56 Å². The van der Waals surface area contributed by atoms with Gasteiger partial charge >= 0.3 is 0 Å². The van der Waals surface area contributed by atoms with Crippen LogP contribution in [0, 0.1) is 6.92 Å². The van der Waals surface area contributed by atoms with Gasteiger partial charge in [-0.15, -0.1) is 0 Å². The number of hydrogen-bond donors (Lipinski definition) is 1. The Kier molecular flexibility index (Phi) is 3.23. The molecule has 1 N–H and O–H groups in total. The van der Waals surface area contributed by atoms with E-state index in [0.717, 1.165) is 10.0 Å². The summed E-state index contributed by atoms with van der Waals surface area (Å²) in [6.45, 7) is 1.47. The van der Waals surface area contributed by atoms with Crippen molar-refractivity contribution in [2.24, 2.45) is 0 Å². The van der Waals surface area contributed by atoms with E-state index in [1.165, 1.54) is 0 Å². The summed E-state index contributed by atoms with van der Waals surface area (Å²) in [5.74, 6) is 0. The van der Waals surface area contributed by atoms with Gasteiger partial charge in [0.1, 0.15) is 6.17 Å². The lowest BCUT2D eigenvalue weighted by Gasteiger charge is -2.06. The van der Waals surface area contributed by atoms with E-state index in [4.69, 9.17) is 5.11 Å². The molecule has 0 fully saturated rings. The van der Waals surface area contributed by atoms with Gasteiger partial charge in [-0.05, 0) is 24.1 Å². The van der Waals surface area contributed by atoms with Crippen LogP contribution in [0.5, 0.6) is 0 Å².